The van der Waals surface area contributed by atoms with E-state index in [1.165, 1.54) is 50.9 Å². The zero-order valence-electron chi connectivity index (χ0n) is 13.5. The molecular formula is C20H28N2. The van der Waals surface area contributed by atoms with Gasteiger partial charge in [0.1, 0.15) is 0 Å². The Balaban J connectivity index is 1.19. The predicted molar refractivity (Wildman–Crippen MR) is 91.6 cm³/mol. The van der Waals surface area contributed by atoms with E-state index in [1.807, 2.05) is 0 Å². The summed E-state index contributed by atoms with van der Waals surface area (Å²) in [5.74, 6) is 2.71. The predicted octanol–water partition coefficient (Wildman–Crippen LogP) is 3.45. The number of hydrogen-bond donors (Lipinski definition) is 1. The Hall–Kier alpha value is -1.12. The van der Waals surface area contributed by atoms with Crippen molar-refractivity contribution >= 4 is 0 Å². The molecule has 118 valence electrons. The molecule has 2 heteroatoms. The molecule has 0 aromatic heterocycles. The summed E-state index contributed by atoms with van der Waals surface area (Å²) in [7, 11) is 0. The first-order valence-electron chi connectivity index (χ1n) is 9.05. The van der Waals surface area contributed by atoms with Gasteiger partial charge in [-0.2, -0.15) is 0 Å². The summed E-state index contributed by atoms with van der Waals surface area (Å²) in [4.78, 5) is 2.60. The van der Waals surface area contributed by atoms with E-state index in [2.05, 4.69) is 52.7 Å². The number of nitrogens with one attached hydrogen (secondary N) is 1. The van der Waals surface area contributed by atoms with Crippen molar-refractivity contribution in [2.45, 2.75) is 38.3 Å². The van der Waals surface area contributed by atoms with Crippen LogP contribution in [0, 0.1) is 17.8 Å². The lowest BCUT2D eigenvalue weighted by molar-refractivity contribution is 0.186. The first kappa shape index (κ1) is 14.5. The Kier molecular flexibility index (Phi) is 4.31. The van der Waals surface area contributed by atoms with Crippen LogP contribution in [0.2, 0.25) is 0 Å². The molecule has 1 aromatic rings. The SMILES string of the molecule is C1=CC2CC1CC2CNC1CCN(Cc2ccccc2)CC1. The zero-order valence-corrected chi connectivity index (χ0v) is 13.5. The van der Waals surface area contributed by atoms with Crippen LogP contribution in [0.15, 0.2) is 42.5 Å². The molecule has 0 amide bonds. The van der Waals surface area contributed by atoms with E-state index < -0.39 is 0 Å². The van der Waals surface area contributed by atoms with Gasteiger partial charge >= 0.3 is 0 Å². The standard InChI is InChI=1S/C20H28N2/c1-2-4-16(5-3-1)15-22-10-8-20(9-11-22)21-14-19-13-17-6-7-18(19)12-17/h1-7,17-21H,8-15H2. The maximum atomic E-state index is 3.87. The summed E-state index contributed by atoms with van der Waals surface area (Å²) in [6.45, 7) is 4.84. The van der Waals surface area contributed by atoms with Crippen molar-refractivity contribution in [3.63, 3.8) is 0 Å². The van der Waals surface area contributed by atoms with Gasteiger partial charge in [0.25, 0.3) is 0 Å². The third-order valence-electron chi connectivity index (χ3n) is 5.92. The van der Waals surface area contributed by atoms with Gasteiger partial charge in [-0.3, -0.25) is 4.90 Å². The lowest BCUT2D eigenvalue weighted by Gasteiger charge is -2.33. The molecule has 0 spiro atoms. The van der Waals surface area contributed by atoms with Crippen molar-refractivity contribution in [1.82, 2.24) is 10.2 Å². The minimum absolute atomic E-state index is 0.745. The normalized spacial score (nSPS) is 31.9. The van der Waals surface area contributed by atoms with Crippen LogP contribution in [0.4, 0.5) is 0 Å². The second kappa shape index (κ2) is 6.55. The molecule has 1 saturated heterocycles. The largest absolute Gasteiger partial charge is 0.314 e. The summed E-state index contributed by atoms with van der Waals surface area (Å²) in [6, 6.07) is 11.6. The van der Waals surface area contributed by atoms with E-state index in [1.54, 1.807) is 0 Å². The van der Waals surface area contributed by atoms with Crippen LogP contribution in [0.5, 0.6) is 0 Å². The average Bonchev–Trinajstić information content (AvgIpc) is 3.18. The van der Waals surface area contributed by atoms with Gasteiger partial charge in [-0.1, -0.05) is 42.5 Å². The monoisotopic (exact) mass is 296 g/mol. The van der Waals surface area contributed by atoms with Gasteiger partial charge in [-0.25, -0.2) is 0 Å². The van der Waals surface area contributed by atoms with Crippen LogP contribution in [-0.4, -0.2) is 30.6 Å². The van der Waals surface area contributed by atoms with Gasteiger partial charge < -0.3 is 5.32 Å². The fourth-order valence-electron chi connectivity index (χ4n) is 4.58. The molecule has 1 aliphatic heterocycles. The van der Waals surface area contributed by atoms with Crippen molar-refractivity contribution in [2.24, 2.45) is 17.8 Å². The molecule has 3 atom stereocenters. The van der Waals surface area contributed by atoms with E-state index in [4.69, 9.17) is 0 Å². The highest BCUT2D eigenvalue weighted by atomic mass is 15.1. The second-order valence-corrected chi connectivity index (χ2v) is 7.48. The Morgan fingerprint density at radius 3 is 2.50 bits per heavy atom. The number of likely N-dealkylation sites (tertiary alicyclic amines) is 1. The van der Waals surface area contributed by atoms with Crippen LogP contribution in [-0.2, 0) is 6.54 Å². The fourth-order valence-corrected chi connectivity index (χ4v) is 4.58. The molecule has 1 heterocycles. The van der Waals surface area contributed by atoms with Crippen molar-refractivity contribution in [3.05, 3.63) is 48.0 Å². The third kappa shape index (κ3) is 3.28. The van der Waals surface area contributed by atoms with Gasteiger partial charge in [-0.05, 0) is 68.6 Å². The highest BCUT2D eigenvalue weighted by Crippen LogP contribution is 2.43. The number of allylic oxidation sites excluding steroid dienone is 2. The first-order valence-corrected chi connectivity index (χ1v) is 9.05. The topological polar surface area (TPSA) is 15.3 Å². The summed E-state index contributed by atoms with van der Waals surface area (Å²) < 4.78 is 0. The van der Waals surface area contributed by atoms with E-state index in [9.17, 15) is 0 Å². The molecule has 2 fully saturated rings. The summed E-state index contributed by atoms with van der Waals surface area (Å²) in [6.07, 6.45) is 10.4. The Morgan fingerprint density at radius 1 is 1.00 bits per heavy atom. The van der Waals surface area contributed by atoms with Crippen LogP contribution in [0.3, 0.4) is 0 Å². The van der Waals surface area contributed by atoms with Crippen molar-refractivity contribution in [1.29, 1.82) is 0 Å². The molecule has 22 heavy (non-hydrogen) atoms. The van der Waals surface area contributed by atoms with Crippen LogP contribution >= 0.6 is 0 Å². The summed E-state index contributed by atoms with van der Waals surface area (Å²) in [5, 5.41) is 3.87. The van der Waals surface area contributed by atoms with Crippen molar-refractivity contribution in [2.75, 3.05) is 19.6 Å². The Labute approximate surface area is 134 Å². The van der Waals surface area contributed by atoms with Gasteiger partial charge in [-0.15, -0.1) is 0 Å². The third-order valence-corrected chi connectivity index (χ3v) is 5.92. The maximum Gasteiger partial charge on any atom is 0.0233 e. The first-order chi connectivity index (χ1) is 10.9. The minimum atomic E-state index is 0.745. The highest BCUT2D eigenvalue weighted by Gasteiger charge is 2.35. The fraction of sp³-hybridized carbons (Fsp3) is 0.600. The van der Waals surface area contributed by atoms with E-state index in [0.717, 1.165) is 30.3 Å². The number of piperidine rings is 1. The van der Waals surface area contributed by atoms with Crippen LogP contribution < -0.4 is 5.32 Å². The smallest absolute Gasteiger partial charge is 0.0233 e. The number of nitrogens with zero attached hydrogens (tertiary/aromatic N) is 1. The van der Waals surface area contributed by atoms with Gasteiger partial charge in [0.05, 0.1) is 0 Å². The number of rotatable bonds is 5. The molecule has 4 rings (SSSR count). The summed E-state index contributed by atoms with van der Waals surface area (Å²) >= 11 is 0. The van der Waals surface area contributed by atoms with Crippen LogP contribution in [0.25, 0.3) is 0 Å². The van der Waals surface area contributed by atoms with Crippen molar-refractivity contribution in [3.8, 4) is 0 Å². The van der Waals surface area contributed by atoms with E-state index in [-0.39, 0.29) is 0 Å². The minimum Gasteiger partial charge on any atom is -0.314 e. The van der Waals surface area contributed by atoms with E-state index in [0.29, 0.717) is 0 Å². The molecule has 3 unspecified atom stereocenters. The Bertz CT molecular complexity index is 502. The average molecular weight is 296 g/mol. The molecule has 2 bridgehead atoms. The maximum absolute atomic E-state index is 3.87. The quantitative estimate of drug-likeness (QED) is 0.837. The molecule has 2 aliphatic carbocycles. The highest BCUT2D eigenvalue weighted by molar-refractivity contribution is 5.14. The molecule has 1 aromatic carbocycles. The number of benzene rings is 1. The molecular weight excluding hydrogens is 268 g/mol. The lowest BCUT2D eigenvalue weighted by atomic mass is 9.93. The molecule has 1 saturated carbocycles. The Morgan fingerprint density at radius 2 is 1.82 bits per heavy atom. The van der Waals surface area contributed by atoms with Gasteiger partial charge in [0.15, 0.2) is 0 Å². The molecule has 2 nitrogen and oxygen atoms in total. The molecule has 3 aliphatic rings. The van der Waals surface area contributed by atoms with E-state index >= 15 is 0 Å². The van der Waals surface area contributed by atoms with Gasteiger partial charge in [0, 0.05) is 12.6 Å². The van der Waals surface area contributed by atoms with Gasteiger partial charge in [0.2, 0.25) is 0 Å². The molecule has 0 radical (unpaired) electrons. The van der Waals surface area contributed by atoms with Crippen molar-refractivity contribution < 1.29 is 0 Å². The molecule has 1 N–H and O–H groups in total. The zero-order chi connectivity index (χ0) is 14.8. The number of hydrogen-bond acceptors (Lipinski definition) is 2. The number of fused-ring (bicyclic) bond motifs is 2. The second-order valence-electron chi connectivity index (χ2n) is 7.48. The van der Waals surface area contributed by atoms with Crippen LogP contribution in [0.1, 0.15) is 31.2 Å². The lowest BCUT2D eigenvalue weighted by Crippen LogP contribution is -2.43. The summed E-state index contributed by atoms with van der Waals surface area (Å²) in [5.41, 5.74) is 1.45.